The zero-order valence-electron chi connectivity index (χ0n) is 9.85. The molecule has 0 aliphatic rings. The van der Waals surface area contributed by atoms with E-state index in [0.29, 0.717) is 0 Å². The fourth-order valence-electron chi connectivity index (χ4n) is 0.530. The van der Waals surface area contributed by atoms with E-state index in [0.717, 1.165) is 0 Å². The molecule has 0 saturated heterocycles. The number of hydrogen-bond donors (Lipinski definition) is 0. The molecule has 1 unspecified atom stereocenters. The van der Waals surface area contributed by atoms with E-state index < -0.39 is 37.0 Å². The molecule has 0 aromatic heterocycles. The van der Waals surface area contributed by atoms with Crippen LogP contribution < -0.4 is 104 Å². The summed E-state index contributed by atoms with van der Waals surface area (Å²) in [6, 6.07) is 0. The smallest absolute Gasteiger partial charge is 0.550 e. The van der Waals surface area contributed by atoms with Crippen LogP contribution in [0.5, 0.6) is 0 Å². The van der Waals surface area contributed by atoms with Crippen LogP contribution in [-0.2, 0) is 19.1 Å². The minimum absolute atomic E-state index is 0. The second-order valence-corrected chi connectivity index (χ2v) is 2.07. The van der Waals surface area contributed by atoms with Crippen molar-refractivity contribution < 1.29 is 129 Å². The number of carbonyl (C=O) groups is 3. The topological polar surface area (TPSA) is 161 Å². The maximum atomic E-state index is 10.1. The Kier molecular flexibility index (Phi) is 31.6. The molecule has 8 nitrogen and oxygen atoms in total. The molecule has 0 aromatic carbocycles. The Hall–Kier alpha value is 1.33. The average molecular weight is 276 g/mol. The van der Waals surface area contributed by atoms with Crippen LogP contribution in [0.1, 0.15) is 6.42 Å². The first kappa shape index (κ1) is 31.0. The minimum atomic E-state index is -1.83. The van der Waals surface area contributed by atoms with E-state index in [2.05, 4.69) is 4.74 Å². The molecule has 0 aliphatic carbocycles. The first-order valence-corrected chi connectivity index (χ1v) is 3.15. The predicted octanol–water partition coefficient (Wildman–Crippen LogP) is -14.8. The quantitative estimate of drug-likeness (QED) is 0.435. The van der Waals surface area contributed by atoms with Gasteiger partial charge in [0, 0.05) is 12.4 Å². The van der Waals surface area contributed by atoms with E-state index >= 15 is 0 Å². The fraction of sp³-hybridized carbons (Fsp3) is 0.500. The monoisotopic (exact) mass is 276 g/mol. The molecule has 0 heterocycles. The van der Waals surface area contributed by atoms with Crippen LogP contribution in [0.15, 0.2) is 0 Å². The second kappa shape index (κ2) is 17.3. The van der Waals surface area contributed by atoms with Crippen LogP contribution in [-0.4, -0.2) is 36.1 Å². The van der Waals surface area contributed by atoms with Crippen molar-refractivity contribution in [3.8, 4) is 0 Å². The van der Waals surface area contributed by atoms with Gasteiger partial charge < -0.3 is 39.9 Å². The summed E-state index contributed by atoms with van der Waals surface area (Å²) in [7, 11) is 0. The van der Waals surface area contributed by atoms with Crippen molar-refractivity contribution in [1.82, 2.24) is 0 Å². The molecular weight excluding hydrogens is 269 g/mol. The Morgan fingerprint density at radius 3 is 1.59 bits per heavy atom. The molecule has 0 fully saturated rings. The first-order valence-electron chi connectivity index (χ1n) is 3.15. The molecule has 0 aromatic rings. The number of carboxylic acids is 3. The van der Waals surface area contributed by atoms with Crippen LogP contribution in [0, 0.1) is 0 Å². The van der Waals surface area contributed by atoms with Crippen molar-refractivity contribution in [2.45, 2.75) is 12.5 Å². The van der Waals surface area contributed by atoms with Gasteiger partial charge in [-0.3, -0.25) is 0 Å². The predicted molar refractivity (Wildman–Crippen MR) is 33.0 cm³/mol. The Bertz CT molecular complexity index is 233. The number of hydrogen-bond acceptors (Lipinski definition) is 7. The summed E-state index contributed by atoms with van der Waals surface area (Å²) in [5, 5.41) is 29.8. The van der Waals surface area contributed by atoms with E-state index in [1.165, 1.54) is 0 Å². The molecule has 0 rings (SSSR count). The minimum Gasteiger partial charge on any atom is -0.550 e. The van der Waals surface area contributed by atoms with Crippen LogP contribution in [0.2, 0.25) is 0 Å². The summed E-state index contributed by atoms with van der Waals surface area (Å²) in [6.07, 6.45) is -2.79. The Labute approximate surface area is 163 Å². The van der Waals surface area contributed by atoms with Crippen molar-refractivity contribution in [1.29, 1.82) is 0 Å². The molecule has 1 atom stereocenters. The molecule has 82 valence electrons. The van der Waals surface area contributed by atoms with Gasteiger partial charge in [-0.1, -0.05) is 0 Å². The molecule has 0 radical (unpaired) electrons. The van der Waals surface area contributed by atoms with E-state index in [9.17, 15) is 29.7 Å². The van der Waals surface area contributed by atoms with Crippen LogP contribution in [0.25, 0.3) is 0 Å². The number of ether oxygens (including phenoxy) is 1. The van der Waals surface area contributed by atoms with E-state index in [-0.39, 0.29) is 94.1 Å². The third kappa shape index (κ3) is 19.8. The van der Waals surface area contributed by atoms with Gasteiger partial charge in [-0.15, -0.1) is 0 Å². The van der Waals surface area contributed by atoms with E-state index in [1.54, 1.807) is 0 Å². The largest absolute Gasteiger partial charge is 1.00 e. The van der Waals surface area contributed by atoms with Gasteiger partial charge in [-0.05, 0) is 0 Å². The van der Waals surface area contributed by atoms with Gasteiger partial charge in [0.05, 0.1) is 18.5 Å². The van der Waals surface area contributed by atoms with Gasteiger partial charge >= 0.3 is 88.7 Å². The van der Waals surface area contributed by atoms with Crippen molar-refractivity contribution in [3.63, 3.8) is 0 Å². The Balaban J connectivity index is -0.000000120. The average Bonchev–Trinajstić information content (AvgIpc) is 1.96. The number of rotatable bonds is 6. The molecule has 17 heavy (non-hydrogen) atoms. The van der Waals surface area contributed by atoms with Gasteiger partial charge in [0.15, 0.2) is 0 Å². The molecule has 2 N–H and O–H groups in total. The summed E-state index contributed by atoms with van der Waals surface area (Å²) in [4.78, 5) is 29.8. The SMILES string of the molecule is O.O=C([O-])COC(CC(=O)[O-])C(=O)[O-].[Na+].[Na+].[Na+]. The second-order valence-electron chi connectivity index (χ2n) is 2.07. The van der Waals surface area contributed by atoms with Crippen molar-refractivity contribution in [3.05, 3.63) is 0 Å². The van der Waals surface area contributed by atoms with Crippen molar-refractivity contribution in [2.75, 3.05) is 6.61 Å². The molecular formula is C6H7Na3O8. The molecule has 0 spiro atoms. The van der Waals surface area contributed by atoms with Gasteiger partial charge in [0.25, 0.3) is 0 Å². The third-order valence-corrected chi connectivity index (χ3v) is 1.02. The van der Waals surface area contributed by atoms with E-state index in [1.807, 2.05) is 0 Å². The van der Waals surface area contributed by atoms with Gasteiger partial charge in [-0.2, -0.15) is 0 Å². The fourth-order valence-corrected chi connectivity index (χ4v) is 0.530. The third-order valence-electron chi connectivity index (χ3n) is 1.02. The molecule has 0 aliphatic heterocycles. The molecule has 0 amide bonds. The standard InChI is InChI=1S/C6H8O7.3Na.H2O/c7-4(8)1-3(6(11)12)13-2-5(9)10;;;;/h3H,1-2H2,(H,7,8)(H,9,10)(H,11,12);;;;1H2/q;3*+1;/p-3. The summed E-state index contributed by atoms with van der Waals surface area (Å²) >= 11 is 0. The molecule has 11 heteroatoms. The van der Waals surface area contributed by atoms with Crippen LogP contribution >= 0.6 is 0 Å². The van der Waals surface area contributed by atoms with Crippen LogP contribution in [0.3, 0.4) is 0 Å². The normalized spacial score (nSPS) is 9.18. The zero-order chi connectivity index (χ0) is 10.4. The summed E-state index contributed by atoms with van der Waals surface area (Å²) in [6.45, 7) is -1.01. The summed E-state index contributed by atoms with van der Waals surface area (Å²) in [5.41, 5.74) is 0. The number of aliphatic carboxylic acids is 3. The summed E-state index contributed by atoms with van der Waals surface area (Å²) in [5.74, 6) is -5.14. The Morgan fingerprint density at radius 1 is 0.941 bits per heavy atom. The maximum Gasteiger partial charge on any atom is 1.00 e. The maximum absolute atomic E-state index is 10.1. The van der Waals surface area contributed by atoms with Gasteiger partial charge in [0.2, 0.25) is 0 Å². The summed E-state index contributed by atoms with van der Waals surface area (Å²) < 4.78 is 4.13. The number of carbonyl (C=O) groups excluding carboxylic acids is 3. The zero-order valence-corrected chi connectivity index (χ0v) is 15.8. The van der Waals surface area contributed by atoms with Crippen LogP contribution in [0.4, 0.5) is 0 Å². The number of carboxylic acid groups (broad SMARTS) is 3. The van der Waals surface area contributed by atoms with Gasteiger partial charge in [0.1, 0.15) is 6.10 Å². The van der Waals surface area contributed by atoms with Crippen molar-refractivity contribution in [2.24, 2.45) is 0 Å². The first-order chi connectivity index (χ1) is 5.93. The Morgan fingerprint density at radius 2 is 1.35 bits per heavy atom. The molecule has 0 saturated carbocycles. The van der Waals surface area contributed by atoms with Crippen molar-refractivity contribution >= 4 is 17.9 Å². The molecule has 0 bridgehead atoms. The van der Waals surface area contributed by atoms with Gasteiger partial charge in [-0.25, -0.2) is 0 Å². The van der Waals surface area contributed by atoms with E-state index in [4.69, 9.17) is 0 Å².